The number of ether oxygens (including phenoxy) is 2. The highest BCUT2D eigenvalue weighted by atomic mass is 79.9. The number of benzene rings is 3. The van der Waals surface area contributed by atoms with Gasteiger partial charge >= 0.3 is 6.18 Å². The van der Waals surface area contributed by atoms with Crippen molar-refractivity contribution in [1.29, 1.82) is 0 Å². The molecular weight excluding hydrogens is 513 g/mol. The average molecular weight is 531 g/mol. The number of hydrogen-bond acceptors (Lipinski definition) is 4. The molecule has 0 atom stereocenters. The molecule has 9 heteroatoms. The van der Waals surface area contributed by atoms with E-state index in [0.29, 0.717) is 21.5 Å². The van der Waals surface area contributed by atoms with Gasteiger partial charge in [-0.3, -0.25) is 4.79 Å². The van der Waals surface area contributed by atoms with E-state index < -0.39 is 23.4 Å². The summed E-state index contributed by atoms with van der Waals surface area (Å²) in [5.74, 6) is -0.187. The molecule has 3 aromatic rings. The van der Waals surface area contributed by atoms with Gasteiger partial charge in [0.15, 0.2) is 17.2 Å². The Morgan fingerprint density at radius 2 is 1.68 bits per heavy atom. The van der Waals surface area contributed by atoms with Gasteiger partial charge in [0, 0.05) is 0 Å². The number of rotatable bonds is 6. The van der Waals surface area contributed by atoms with Crippen molar-refractivity contribution in [3.63, 3.8) is 0 Å². The lowest BCUT2D eigenvalue weighted by Crippen LogP contribution is -2.25. The Labute approximate surface area is 202 Å². The van der Waals surface area contributed by atoms with E-state index in [1.54, 1.807) is 24.3 Å². The average Bonchev–Trinajstić information content (AvgIpc) is 3.15. The molecular formula is C25H18BrF3N2O3. The Hall–Kier alpha value is -3.59. The van der Waals surface area contributed by atoms with Crippen LogP contribution in [0.5, 0.6) is 11.5 Å². The van der Waals surface area contributed by atoms with Gasteiger partial charge in [-0.1, -0.05) is 48.5 Å². The van der Waals surface area contributed by atoms with E-state index in [9.17, 15) is 18.0 Å². The summed E-state index contributed by atoms with van der Waals surface area (Å²) in [7, 11) is 1.43. The highest BCUT2D eigenvalue weighted by Gasteiger charge is 2.46. The number of carbonyl (C=O) groups excluding carboxylic acids is 1. The number of amides is 1. The summed E-state index contributed by atoms with van der Waals surface area (Å²) in [6, 6.07) is 20.5. The van der Waals surface area contributed by atoms with E-state index in [1.165, 1.54) is 25.3 Å². The zero-order chi connectivity index (χ0) is 24.3. The van der Waals surface area contributed by atoms with Crippen LogP contribution in [0.3, 0.4) is 0 Å². The first kappa shape index (κ1) is 23.6. The Kier molecular flexibility index (Phi) is 6.74. The maximum absolute atomic E-state index is 13.7. The van der Waals surface area contributed by atoms with Crippen LogP contribution in [0.25, 0.3) is 6.08 Å². The molecule has 0 bridgehead atoms. The molecule has 0 saturated carbocycles. The number of hydrogen-bond donors (Lipinski definition) is 0. The first-order valence-corrected chi connectivity index (χ1v) is 10.9. The summed E-state index contributed by atoms with van der Waals surface area (Å²) in [4.78, 5) is 12.9. The molecule has 3 aromatic carbocycles. The second-order valence-corrected chi connectivity index (χ2v) is 8.12. The summed E-state index contributed by atoms with van der Waals surface area (Å²) in [6.07, 6.45) is -3.67. The second kappa shape index (κ2) is 9.72. The Balaban J connectivity index is 1.68. The highest BCUT2D eigenvalue weighted by molar-refractivity contribution is 9.10. The number of anilines is 1. The van der Waals surface area contributed by atoms with E-state index in [-0.39, 0.29) is 12.3 Å². The van der Waals surface area contributed by atoms with Crippen molar-refractivity contribution in [1.82, 2.24) is 0 Å². The van der Waals surface area contributed by atoms with Crippen LogP contribution >= 0.6 is 15.9 Å². The van der Waals surface area contributed by atoms with Gasteiger partial charge in [0.2, 0.25) is 0 Å². The third-order valence-electron chi connectivity index (χ3n) is 4.94. The molecule has 0 N–H and O–H groups in total. The highest BCUT2D eigenvalue weighted by Crippen LogP contribution is 2.39. The molecule has 34 heavy (non-hydrogen) atoms. The van der Waals surface area contributed by atoms with E-state index in [4.69, 9.17) is 9.47 Å². The van der Waals surface area contributed by atoms with Crippen molar-refractivity contribution >= 4 is 39.3 Å². The Bertz CT molecular complexity index is 1260. The van der Waals surface area contributed by atoms with Gasteiger partial charge < -0.3 is 9.47 Å². The second-order valence-electron chi connectivity index (χ2n) is 7.27. The molecule has 1 amide bonds. The van der Waals surface area contributed by atoms with Crippen LogP contribution in [0.1, 0.15) is 11.1 Å². The molecule has 5 nitrogen and oxygen atoms in total. The lowest BCUT2D eigenvalue weighted by molar-refractivity contribution is -0.114. The summed E-state index contributed by atoms with van der Waals surface area (Å²) in [5, 5.41) is 4.32. The van der Waals surface area contributed by atoms with E-state index >= 15 is 0 Å². The molecule has 0 saturated heterocycles. The van der Waals surface area contributed by atoms with Crippen LogP contribution in [0.15, 0.2) is 87.9 Å². The minimum absolute atomic E-state index is 0.237. The minimum atomic E-state index is -4.81. The van der Waals surface area contributed by atoms with Crippen molar-refractivity contribution in [2.75, 3.05) is 12.1 Å². The molecule has 0 aromatic heterocycles. The van der Waals surface area contributed by atoms with Crippen LogP contribution < -0.4 is 14.5 Å². The van der Waals surface area contributed by atoms with Crippen LogP contribution in [0.2, 0.25) is 0 Å². The molecule has 4 rings (SSSR count). The predicted octanol–water partition coefficient (Wildman–Crippen LogP) is 6.39. The van der Waals surface area contributed by atoms with Gasteiger partial charge in [0.25, 0.3) is 5.91 Å². The van der Waals surface area contributed by atoms with Crippen molar-refractivity contribution in [2.24, 2.45) is 5.10 Å². The molecule has 0 aliphatic carbocycles. The lowest BCUT2D eigenvalue weighted by Gasteiger charge is -2.14. The van der Waals surface area contributed by atoms with Crippen LogP contribution in [-0.2, 0) is 11.4 Å². The smallest absolute Gasteiger partial charge is 0.435 e. The number of halogens is 4. The molecule has 0 unspecified atom stereocenters. The number of alkyl halides is 3. The quantitative estimate of drug-likeness (QED) is 0.347. The van der Waals surface area contributed by atoms with Crippen molar-refractivity contribution in [2.45, 2.75) is 12.8 Å². The Morgan fingerprint density at radius 1 is 1.03 bits per heavy atom. The number of methoxy groups -OCH3 is 1. The van der Waals surface area contributed by atoms with Crippen LogP contribution in [0.4, 0.5) is 18.9 Å². The van der Waals surface area contributed by atoms with E-state index in [0.717, 1.165) is 16.6 Å². The van der Waals surface area contributed by atoms with Gasteiger partial charge in [-0.15, -0.1) is 0 Å². The minimum Gasteiger partial charge on any atom is -0.493 e. The molecule has 0 fully saturated rings. The predicted molar refractivity (Wildman–Crippen MR) is 127 cm³/mol. The van der Waals surface area contributed by atoms with Gasteiger partial charge in [-0.2, -0.15) is 23.3 Å². The SMILES string of the molecule is COc1cc(/C=C2\C(=O)N(c3ccccc3)N=C2C(F)(F)F)cc(Br)c1OCc1ccccc1. The maximum Gasteiger partial charge on any atom is 0.435 e. The number of nitrogens with zero attached hydrogens (tertiary/aromatic N) is 2. The topological polar surface area (TPSA) is 51.1 Å². The van der Waals surface area contributed by atoms with Gasteiger partial charge in [0.1, 0.15) is 6.61 Å². The van der Waals surface area contributed by atoms with E-state index in [1.807, 2.05) is 30.3 Å². The third-order valence-corrected chi connectivity index (χ3v) is 5.52. The fourth-order valence-electron chi connectivity index (χ4n) is 3.36. The molecule has 1 heterocycles. The standard InChI is InChI=1S/C25H18BrF3N2O3/c1-33-21-14-17(13-20(26)22(21)34-15-16-8-4-2-5-9-16)12-19-23(25(27,28)29)30-31(24(19)32)18-10-6-3-7-11-18/h2-14H,15H2,1H3/b19-12-. The summed E-state index contributed by atoms with van der Waals surface area (Å²) < 4.78 is 52.9. The zero-order valence-electron chi connectivity index (χ0n) is 17.8. The summed E-state index contributed by atoms with van der Waals surface area (Å²) in [5.41, 5.74) is -0.345. The van der Waals surface area contributed by atoms with Crippen LogP contribution in [-0.4, -0.2) is 24.9 Å². The number of para-hydroxylation sites is 1. The first-order valence-electron chi connectivity index (χ1n) is 10.1. The normalized spacial score (nSPS) is 15.0. The maximum atomic E-state index is 13.7. The fraction of sp³-hybridized carbons (Fsp3) is 0.120. The Morgan fingerprint density at radius 3 is 2.29 bits per heavy atom. The number of carbonyl (C=O) groups is 1. The summed E-state index contributed by atoms with van der Waals surface area (Å²) in [6.45, 7) is 0.269. The first-order chi connectivity index (χ1) is 16.3. The lowest BCUT2D eigenvalue weighted by atomic mass is 10.1. The fourth-order valence-corrected chi connectivity index (χ4v) is 3.93. The molecule has 174 valence electrons. The van der Waals surface area contributed by atoms with Crippen molar-refractivity contribution in [3.8, 4) is 11.5 Å². The molecule has 0 spiro atoms. The number of hydrazone groups is 1. The summed E-state index contributed by atoms with van der Waals surface area (Å²) >= 11 is 3.40. The largest absolute Gasteiger partial charge is 0.493 e. The molecule has 0 radical (unpaired) electrons. The van der Waals surface area contributed by atoms with E-state index in [2.05, 4.69) is 21.0 Å². The van der Waals surface area contributed by atoms with Crippen molar-refractivity contribution in [3.05, 3.63) is 94.0 Å². The molecule has 1 aliphatic heterocycles. The van der Waals surface area contributed by atoms with Gasteiger partial charge in [-0.25, -0.2) is 0 Å². The zero-order valence-corrected chi connectivity index (χ0v) is 19.4. The van der Waals surface area contributed by atoms with Crippen molar-refractivity contribution < 1.29 is 27.4 Å². The van der Waals surface area contributed by atoms with Gasteiger partial charge in [-0.05, 0) is 57.4 Å². The van der Waals surface area contributed by atoms with Crippen LogP contribution in [0, 0.1) is 0 Å². The van der Waals surface area contributed by atoms with Gasteiger partial charge in [0.05, 0.1) is 22.8 Å². The molecule has 1 aliphatic rings. The monoisotopic (exact) mass is 530 g/mol. The third kappa shape index (κ3) is 4.99.